The maximum absolute atomic E-state index is 14.0. The molecule has 9 heteroatoms. The average molecular weight is 418 g/mol. The van der Waals surface area contributed by atoms with Gasteiger partial charge in [-0.2, -0.15) is 0 Å². The van der Waals surface area contributed by atoms with E-state index in [0.717, 1.165) is 6.07 Å². The maximum Gasteiger partial charge on any atom is 0.410 e. The molecule has 1 aromatic rings. The van der Waals surface area contributed by atoms with Crippen LogP contribution in [0.25, 0.3) is 0 Å². The number of aromatic nitrogens is 1. The minimum atomic E-state index is -0.745. The van der Waals surface area contributed by atoms with Gasteiger partial charge in [0.15, 0.2) is 11.5 Å². The van der Waals surface area contributed by atoms with E-state index in [4.69, 9.17) is 4.74 Å². The molecule has 1 fully saturated rings. The number of piperazine rings is 1. The lowest BCUT2D eigenvalue weighted by Gasteiger charge is -2.40. The molecule has 1 saturated heterocycles. The highest BCUT2D eigenvalue weighted by Gasteiger charge is 2.35. The molecule has 25 heavy (non-hydrogen) atoms. The summed E-state index contributed by atoms with van der Waals surface area (Å²) in [6.45, 7) is 5.41. The van der Waals surface area contributed by atoms with E-state index in [0.29, 0.717) is 4.47 Å². The molecule has 0 unspecified atom stereocenters. The lowest BCUT2D eigenvalue weighted by Crippen LogP contribution is -2.58. The number of pyridine rings is 1. The van der Waals surface area contributed by atoms with Crippen LogP contribution in [0.15, 0.2) is 16.7 Å². The Labute approximate surface area is 153 Å². The van der Waals surface area contributed by atoms with Gasteiger partial charge in [0.25, 0.3) is 5.91 Å². The Morgan fingerprint density at radius 2 is 2.12 bits per heavy atom. The van der Waals surface area contributed by atoms with Gasteiger partial charge in [0.2, 0.25) is 0 Å². The van der Waals surface area contributed by atoms with Crippen molar-refractivity contribution in [1.82, 2.24) is 14.8 Å². The molecule has 1 aliphatic heterocycles. The van der Waals surface area contributed by atoms with E-state index in [2.05, 4.69) is 20.9 Å². The van der Waals surface area contributed by atoms with E-state index < -0.39 is 29.5 Å². The number of halogens is 2. The largest absolute Gasteiger partial charge is 0.444 e. The predicted octanol–water partition coefficient (Wildman–Crippen LogP) is 2.04. The first-order valence-corrected chi connectivity index (χ1v) is 8.62. The lowest BCUT2D eigenvalue weighted by atomic mass is 10.1. The number of rotatable bonds is 2. The van der Waals surface area contributed by atoms with Crippen LogP contribution in [-0.2, 0) is 4.74 Å². The summed E-state index contributed by atoms with van der Waals surface area (Å²) in [6.07, 6.45) is 0.826. The van der Waals surface area contributed by atoms with E-state index in [1.807, 2.05) is 0 Å². The number of aliphatic hydroxyl groups is 1. The Hall–Kier alpha value is -1.74. The molecule has 0 spiro atoms. The molecular weight excluding hydrogens is 397 g/mol. The number of hydrogen-bond donors (Lipinski definition) is 1. The Bertz CT molecular complexity index is 665. The van der Waals surface area contributed by atoms with Crippen LogP contribution < -0.4 is 0 Å². The first-order valence-electron chi connectivity index (χ1n) is 7.83. The number of carbonyl (C=O) groups is 2. The third-order valence-corrected chi connectivity index (χ3v) is 4.05. The SMILES string of the molecule is CC(C)(C)OC(=O)N1CCN(C(=O)c2ncc(Br)cc2F)[C@@H](CO)C1. The predicted molar refractivity (Wildman–Crippen MR) is 91.6 cm³/mol. The molecule has 0 saturated carbocycles. The van der Waals surface area contributed by atoms with Gasteiger partial charge in [0.05, 0.1) is 12.6 Å². The minimum absolute atomic E-state index is 0.106. The molecule has 1 atom stereocenters. The first-order chi connectivity index (χ1) is 11.6. The fraction of sp³-hybridized carbons (Fsp3) is 0.562. The molecular formula is C16H21BrFN3O4. The van der Waals surface area contributed by atoms with Gasteiger partial charge in [-0.1, -0.05) is 0 Å². The fourth-order valence-electron chi connectivity index (χ4n) is 2.48. The van der Waals surface area contributed by atoms with E-state index in [1.165, 1.54) is 16.0 Å². The van der Waals surface area contributed by atoms with Crippen LogP contribution in [0.2, 0.25) is 0 Å². The molecule has 7 nitrogen and oxygen atoms in total. The zero-order valence-electron chi connectivity index (χ0n) is 14.3. The summed E-state index contributed by atoms with van der Waals surface area (Å²) in [4.78, 5) is 31.3. The molecule has 1 aliphatic rings. The number of nitrogens with zero attached hydrogens (tertiary/aromatic N) is 3. The number of hydrogen-bond acceptors (Lipinski definition) is 5. The summed E-state index contributed by atoms with van der Waals surface area (Å²) in [7, 11) is 0. The first kappa shape index (κ1) is 19.6. The fourth-order valence-corrected chi connectivity index (χ4v) is 2.78. The maximum atomic E-state index is 14.0. The van der Waals surface area contributed by atoms with Crippen molar-refractivity contribution in [3.63, 3.8) is 0 Å². The van der Waals surface area contributed by atoms with Crippen molar-refractivity contribution >= 4 is 27.9 Å². The van der Waals surface area contributed by atoms with Crippen molar-refractivity contribution in [3.05, 3.63) is 28.2 Å². The molecule has 2 rings (SSSR count). The number of aliphatic hydroxyl groups excluding tert-OH is 1. The van der Waals surface area contributed by atoms with Crippen molar-refractivity contribution in [2.24, 2.45) is 0 Å². The zero-order valence-corrected chi connectivity index (χ0v) is 15.9. The smallest absolute Gasteiger partial charge is 0.410 e. The molecule has 0 aliphatic carbocycles. The summed E-state index contributed by atoms with van der Waals surface area (Å²) in [5.74, 6) is -1.36. The number of amides is 2. The van der Waals surface area contributed by atoms with Crippen LogP contribution in [0.4, 0.5) is 9.18 Å². The van der Waals surface area contributed by atoms with Gasteiger partial charge in [-0.3, -0.25) is 4.79 Å². The van der Waals surface area contributed by atoms with Crippen LogP contribution in [0, 0.1) is 5.82 Å². The topological polar surface area (TPSA) is 83.0 Å². The number of carbonyl (C=O) groups excluding carboxylic acids is 2. The van der Waals surface area contributed by atoms with E-state index in [-0.39, 0.29) is 31.9 Å². The normalized spacial score (nSPS) is 18.2. The molecule has 1 aromatic heterocycles. The monoisotopic (exact) mass is 417 g/mol. The Balaban J connectivity index is 2.11. The van der Waals surface area contributed by atoms with Crippen molar-refractivity contribution in [3.8, 4) is 0 Å². The van der Waals surface area contributed by atoms with Gasteiger partial charge in [-0.05, 0) is 42.8 Å². The van der Waals surface area contributed by atoms with Crippen molar-refractivity contribution in [1.29, 1.82) is 0 Å². The third kappa shape index (κ3) is 4.88. The molecule has 2 heterocycles. The molecule has 1 N–H and O–H groups in total. The van der Waals surface area contributed by atoms with Crippen LogP contribution in [0.5, 0.6) is 0 Å². The van der Waals surface area contributed by atoms with Gasteiger partial charge < -0.3 is 19.6 Å². The van der Waals surface area contributed by atoms with Crippen molar-refractivity contribution in [2.45, 2.75) is 32.4 Å². The molecule has 0 aromatic carbocycles. The van der Waals surface area contributed by atoms with Gasteiger partial charge in [-0.15, -0.1) is 0 Å². The highest BCUT2D eigenvalue weighted by molar-refractivity contribution is 9.10. The third-order valence-electron chi connectivity index (χ3n) is 3.62. The number of ether oxygens (including phenoxy) is 1. The van der Waals surface area contributed by atoms with E-state index >= 15 is 0 Å². The Morgan fingerprint density at radius 3 is 2.68 bits per heavy atom. The standard InChI is InChI=1S/C16H21BrFN3O4/c1-16(2,3)25-15(24)20-4-5-21(11(8-20)9-22)14(23)13-12(18)6-10(17)7-19-13/h6-7,11,22H,4-5,8-9H2,1-3H3/t11-/m1/s1. The lowest BCUT2D eigenvalue weighted by molar-refractivity contribution is -0.00270. The molecule has 0 bridgehead atoms. The second-order valence-corrected chi connectivity index (χ2v) is 7.66. The average Bonchev–Trinajstić information content (AvgIpc) is 2.52. The quantitative estimate of drug-likeness (QED) is 0.795. The Kier molecular flexibility index (Phi) is 5.99. The summed E-state index contributed by atoms with van der Waals surface area (Å²) < 4.78 is 19.7. The van der Waals surface area contributed by atoms with E-state index in [9.17, 15) is 19.1 Å². The molecule has 0 radical (unpaired) electrons. The van der Waals surface area contributed by atoms with Gasteiger partial charge >= 0.3 is 6.09 Å². The Morgan fingerprint density at radius 1 is 1.44 bits per heavy atom. The highest BCUT2D eigenvalue weighted by atomic mass is 79.9. The second-order valence-electron chi connectivity index (χ2n) is 6.75. The van der Waals surface area contributed by atoms with Crippen LogP contribution >= 0.6 is 15.9 Å². The van der Waals surface area contributed by atoms with Crippen LogP contribution in [0.3, 0.4) is 0 Å². The van der Waals surface area contributed by atoms with Crippen molar-refractivity contribution in [2.75, 3.05) is 26.2 Å². The van der Waals surface area contributed by atoms with Crippen molar-refractivity contribution < 1.29 is 23.8 Å². The van der Waals surface area contributed by atoms with Crippen LogP contribution in [0.1, 0.15) is 31.3 Å². The van der Waals surface area contributed by atoms with Gasteiger partial charge in [0, 0.05) is 30.3 Å². The molecule has 138 valence electrons. The summed E-state index contributed by atoms with van der Waals surface area (Å²) in [5, 5.41) is 9.61. The molecule has 2 amide bonds. The zero-order chi connectivity index (χ0) is 18.8. The minimum Gasteiger partial charge on any atom is -0.444 e. The van der Waals surface area contributed by atoms with Crippen LogP contribution in [-0.4, -0.2) is 69.8 Å². The summed E-state index contributed by atoms with van der Waals surface area (Å²) >= 11 is 3.09. The van der Waals surface area contributed by atoms with Gasteiger partial charge in [0.1, 0.15) is 5.60 Å². The van der Waals surface area contributed by atoms with E-state index in [1.54, 1.807) is 20.8 Å². The highest BCUT2D eigenvalue weighted by Crippen LogP contribution is 2.19. The van der Waals surface area contributed by atoms with Gasteiger partial charge in [-0.25, -0.2) is 14.2 Å². The second kappa shape index (κ2) is 7.65. The summed E-state index contributed by atoms with van der Waals surface area (Å²) in [6, 6.07) is 0.504. The summed E-state index contributed by atoms with van der Waals surface area (Å²) in [5.41, 5.74) is -0.948.